The van der Waals surface area contributed by atoms with Crippen molar-refractivity contribution in [2.75, 3.05) is 0 Å². The first-order chi connectivity index (χ1) is 10.3. The predicted octanol–water partition coefficient (Wildman–Crippen LogP) is 3.40. The summed E-state index contributed by atoms with van der Waals surface area (Å²) in [7, 11) is 0. The molecule has 21 heavy (non-hydrogen) atoms. The molecule has 1 N–H and O–H groups in total. The van der Waals surface area contributed by atoms with Crippen molar-refractivity contribution in [1.29, 1.82) is 0 Å². The smallest absolute Gasteiger partial charge is 0.223 e. The summed E-state index contributed by atoms with van der Waals surface area (Å²) in [5.41, 5.74) is 2.01. The summed E-state index contributed by atoms with van der Waals surface area (Å²) in [6, 6.07) is 3.89. The molecule has 1 saturated carbocycles. The van der Waals surface area contributed by atoms with E-state index in [0.29, 0.717) is 6.54 Å². The number of thiazole rings is 1. The number of rotatable bonds is 4. The van der Waals surface area contributed by atoms with Gasteiger partial charge in [0.15, 0.2) is 0 Å². The molecule has 4 nitrogen and oxygen atoms in total. The van der Waals surface area contributed by atoms with Crippen LogP contribution in [0.3, 0.4) is 0 Å². The number of hydrogen-bond donors (Lipinski definition) is 1. The molecule has 0 spiro atoms. The van der Waals surface area contributed by atoms with E-state index in [4.69, 9.17) is 0 Å². The summed E-state index contributed by atoms with van der Waals surface area (Å²) >= 11 is 1.59. The first kappa shape index (κ1) is 14.2. The summed E-state index contributed by atoms with van der Waals surface area (Å²) < 4.78 is 0. The van der Waals surface area contributed by atoms with Crippen LogP contribution >= 0.6 is 11.3 Å². The van der Waals surface area contributed by atoms with Gasteiger partial charge in [0, 0.05) is 29.3 Å². The van der Waals surface area contributed by atoms with E-state index in [1.54, 1.807) is 23.7 Å². The van der Waals surface area contributed by atoms with Gasteiger partial charge in [0.1, 0.15) is 5.01 Å². The maximum absolute atomic E-state index is 12.1. The maximum atomic E-state index is 12.1. The molecular formula is C16H19N3OS. The Morgan fingerprint density at radius 2 is 2.00 bits per heavy atom. The van der Waals surface area contributed by atoms with E-state index in [1.165, 1.54) is 19.3 Å². The molecule has 0 bridgehead atoms. The Balaban J connectivity index is 1.56. The molecule has 1 aliphatic rings. The van der Waals surface area contributed by atoms with E-state index in [9.17, 15) is 4.79 Å². The van der Waals surface area contributed by atoms with Gasteiger partial charge in [0.05, 0.1) is 12.2 Å². The van der Waals surface area contributed by atoms with Crippen molar-refractivity contribution in [3.63, 3.8) is 0 Å². The second-order valence-corrected chi connectivity index (χ2v) is 6.36. The van der Waals surface area contributed by atoms with E-state index in [1.807, 2.05) is 17.5 Å². The summed E-state index contributed by atoms with van der Waals surface area (Å²) in [6.07, 6.45) is 9.23. The van der Waals surface area contributed by atoms with E-state index < -0.39 is 0 Å². The van der Waals surface area contributed by atoms with Crippen LogP contribution < -0.4 is 5.32 Å². The molecule has 0 unspecified atom stereocenters. The highest BCUT2D eigenvalue weighted by Gasteiger charge is 2.20. The Labute approximate surface area is 128 Å². The molecular weight excluding hydrogens is 282 g/mol. The molecule has 2 heterocycles. The monoisotopic (exact) mass is 301 g/mol. The average Bonchev–Trinajstić information content (AvgIpc) is 3.03. The summed E-state index contributed by atoms with van der Waals surface area (Å²) in [4.78, 5) is 20.7. The molecule has 2 aromatic heterocycles. The number of pyridine rings is 1. The molecule has 5 heteroatoms. The molecule has 0 aromatic carbocycles. The van der Waals surface area contributed by atoms with Gasteiger partial charge >= 0.3 is 0 Å². The Hall–Kier alpha value is -1.75. The first-order valence-corrected chi connectivity index (χ1v) is 8.33. The Morgan fingerprint density at radius 3 is 2.76 bits per heavy atom. The zero-order valence-electron chi connectivity index (χ0n) is 11.9. The molecule has 0 saturated heterocycles. The fourth-order valence-corrected chi connectivity index (χ4v) is 3.46. The standard InChI is InChI=1S/C16H19N3OS/c20-16(13-4-2-1-3-5-13)18-10-15-19-14(11-21-15)12-6-8-17-9-7-12/h6-9,11,13H,1-5,10H2,(H,18,20). The number of carbonyl (C=O) groups is 1. The lowest BCUT2D eigenvalue weighted by molar-refractivity contribution is -0.126. The third-order valence-corrected chi connectivity index (χ3v) is 4.77. The van der Waals surface area contributed by atoms with E-state index in [-0.39, 0.29) is 11.8 Å². The number of carbonyl (C=O) groups excluding carboxylic acids is 1. The van der Waals surface area contributed by atoms with Crippen LogP contribution in [0.2, 0.25) is 0 Å². The Bertz CT molecular complexity index is 591. The van der Waals surface area contributed by atoms with Crippen molar-refractivity contribution in [3.05, 3.63) is 34.9 Å². The largest absolute Gasteiger partial charge is 0.349 e. The van der Waals surface area contributed by atoms with Gasteiger partial charge < -0.3 is 5.32 Å². The zero-order chi connectivity index (χ0) is 14.5. The van der Waals surface area contributed by atoms with Gasteiger partial charge in [-0.25, -0.2) is 4.98 Å². The molecule has 1 aliphatic carbocycles. The molecule has 0 atom stereocenters. The van der Waals surface area contributed by atoms with Crippen molar-refractivity contribution in [2.24, 2.45) is 5.92 Å². The predicted molar refractivity (Wildman–Crippen MR) is 83.8 cm³/mol. The van der Waals surface area contributed by atoms with Crippen molar-refractivity contribution in [2.45, 2.75) is 38.6 Å². The minimum atomic E-state index is 0.190. The summed E-state index contributed by atoms with van der Waals surface area (Å²) in [6.45, 7) is 0.533. The Morgan fingerprint density at radius 1 is 1.24 bits per heavy atom. The van der Waals surface area contributed by atoms with Crippen molar-refractivity contribution < 1.29 is 4.79 Å². The van der Waals surface area contributed by atoms with Gasteiger partial charge in [-0.3, -0.25) is 9.78 Å². The summed E-state index contributed by atoms with van der Waals surface area (Å²) in [5.74, 6) is 0.397. The van der Waals surface area contributed by atoms with Crippen LogP contribution in [0, 0.1) is 5.92 Å². The van der Waals surface area contributed by atoms with Gasteiger partial charge in [-0.15, -0.1) is 11.3 Å². The fraction of sp³-hybridized carbons (Fsp3) is 0.438. The van der Waals surface area contributed by atoms with E-state index in [2.05, 4.69) is 15.3 Å². The highest BCUT2D eigenvalue weighted by Crippen LogP contribution is 2.24. The maximum Gasteiger partial charge on any atom is 0.223 e. The minimum absolute atomic E-state index is 0.190. The SMILES string of the molecule is O=C(NCc1nc(-c2ccncc2)cs1)C1CCCCC1. The number of aromatic nitrogens is 2. The molecule has 0 aliphatic heterocycles. The van der Waals surface area contributed by atoms with Gasteiger partial charge in [-0.05, 0) is 25.0 Å². The number of nitrogens with one attached hydrogen (secondary N) is 1. The van der Waals surface area contributed by atoms with Gasteiger partial charge in [0.2, 0.25) is 5.91 Å². The van der Waals surface area contributed by atoms with Crippen molar-refractivity contribution >= 4 is 17.2 Å². The first-order valence-electron chi connectivity index (χ1n) is 7.45. The van der Waals surface area contributed by atoms with Crippen LogP contribution in [0.25, 0.3) is 11.3 Å². The van der Waals surface area contributed by atoms with Crippen LogP contribution in [0.15, 0.2) is 29.9 Å². The average molecular weight is 301 g/mol. The van der Waals surface area contributed by atoms with Crippen molar-refractivity contribution in [3.8, 4) is 11.3 Å². The van der Waals surface area contributed by atoms with Gasteiger partial charge in [-0.1, -0.05) is 19.3 Å². The molecule has 0 radical (unpaired) electrons. The third-order valence-electron chi connectivity index (χ3n) is 3.92. The highest BCUT2D eigenvalue weighted by molar-refractivity contribution is 7.09. The number of amides is 1. The lowest BCUT2D eigenvalue weighted by Gasteiger charge is -2.20. The molecule has 3 rings (SSSR count). The van der Waals surface area contributed by atoms with Gasteiger partial charge in [0.25, 0.3) is 0 Å². The second kappa shape index (κ2) is 6.80. The van der Waals surface area contributed by atoms with E-state index in [0.717, 1.165) is 29.1 Å². The lowest BCUT2D eigenvalue weighted by Crippen LogP contribution is -2.31. The minimum Gasteiger partial charge on any atom is -0.349 e. The van der Waals surface area contributed by atoms with Gasteiger partial charge in [-0.2, -0.15) is 0 Å². The summed E-state index contributed by atoms with van der Waals surface area (Å²) in [5, 5.41) is 6.01. The Kier molecular flexibility index (Phi) is 4.60. The number of hydrogen-bond acceptors (Lipinski definition) is 4. The van der Waals surface area contributed by atoms with Crippen LogP contribution in [0.1, 0.15) is 37.1 Å². The fourth-order valence-electron chi connectivity index (χ4n) is 2.72. The molecule has 110 valence electrons. The number of nitrogens with zero attached hydrogens (tertiary/aromatic N) is 2. The highest BCUT2D eigenvalue weighted by atomic mass is 32.1. The van der Waals surface area contributed by atoms with Crippen molar-refractivity contribution in [1.82, 2.24) is 15.3 Å². The second-order valence-electron chi connectivity index (χ2n) is 5.42. The van der Waals surface area contributed by atoms with Crippen LogP contribution in [0.4, 0.5) is 0 Å². The lowest BCUT2D eigenvalue weighted by atomic mass is 9.89. The van der Waals surface area contributed by atoms with Crippen LogP contribution in [-0.4, -0.2) is 15.9 Å². The third kappa shape index (κ3) is 3.67. The quantitative estimate of drug-likeness (QED) is 0.941. The van der Waals surface area contributed by atoms with Crippen LogP contribution in [-0.2, 0) is 11.3 Å². The van der Waals surface area contributed by atoms with E-state index >= 15 is 0 Å². The molecule has 1 amide bonds. The normalized spacial score (nSPS) is 15.8. The molecule has 2 aromatic rings. The van der Waals surface area contributed by atoms with Crippen LogP contribution in [0.5, 0.6) is 0 Å². The topological polar surface area (TPSA) is 54.9 Å². The molecule has 1 fully saturated rings. The zero-order valence-corrected chi connectivity index (χ0v) is 12.7.